The van der Waals surface area contributed by atoms with Crippen molar-refractivity contribution in [2.75, 3.05) is 11.9 Å². The van der Waals surface area contributed by atoms with Gasteiger partial charge in [0.05, 0.1) is 4.90 Å². The number of carbonyl (C=O) groups is 1. The van der Waals surface area contributed by atoms with Crippen LogP contribution in [-0.4, -0.2) is 26.6 Å². The first kappa shape index (κ1) is 15.4. The minimum atomic E-state index is -4.55. The fraction of sp³-hybridized carbons (Fsp3) is 0.364. The lowest BCUT2D eigenvalue weighted by Gasteiger charge is -2.07. The number of hydrogen-bond donors (Lipinski definition) is 2. The third-order valence-corrected chi connectivity index (χ3v) is 3.74. The maximum Gasteiger partial charge on any atom is 0.341 e. The SMILES string of the molecule is NC(=O)CCCNc1ccc(S(=O)(=O)C(F)F)cc1. The number of rotatable bonds is 7. The predicted molar refractivity (Wildman–Crippen MR) is 66.5 cm³/mol. The normalized spacial score (nSPS) is 11.5. The van der Waals surface area contributed by atoms with Crippen LogP contribution in [-0.2, 0) is 14.6 Å². The quantitative estimate of drug-likeness (QED) is 0.743. The van der Waals surface area contributed by atoms with E-state index < -0.39 is 26.4 Å². The fourth-order valence-electron chi connectivity index (χ4n) is 1.36. The third kappa shape index (κ3) is 4.47. The summed E-state index contributed by atoms with van der Waals surface area (Å²) in [5.41, 5.74) is 5.54. The standard InChI is InChI=1S/C11H14F2N2O3S/c12-11(13)19(17,18)9-5-3-8(4-6-9)15-7-1-2-10(14)16/h3-6,11,15H,1-2,7H2,(H2,14,16). The Morgan fingerprint density at radius 2 is 1.84 bits per heavy atom. The van der Waals surface area contributed by atoms with E-state index in [2.05, 4.69) is 5.32 Å². The van der Waals surface area contributed by atoms with Crippen molar-refractivity contribution in [2.45, 2.75) is 23.5 Å². The first-order valence-corrected chi connectivity index (χ1v) is 7.03. The van der Waals surface area contributed by atoms with Crippen LogP contribution in [0.25, 0.3) is 0 Å². The zero-order valence-electron chi connectivity index (χ0n) is 9.97. The van der Waals surface area contributed by atoms with Gasteiger partial charge >= 0.3 is 5.76 Å². The van der Waals surface area contributed by atoms with Gasteiger partial charge in [-0.3, -0.25) is 4.79 Å². The summed E-state index contributed by atoms with van der Waals surface area (Å²) in [5, 5.41) is 2.92. The molecule has 1 rings (SSSR count). The Bertz CT molecular complexity index is 529. The van der Waals surface area contributed by atoms with Gasteiger partial charge in [0.25, 0.3) is 0 Å². The molecular formula is C11H14F2N2O3S. The molecule has 0 radical (unpaired) electrons. The molecule has 0 saturated carbocycles. The van der Waals surface area contributed by atoms with Crippen molar-refractivity contribution >= 4 is 21.4 Å². The molecule has 0 atom stereocenters. The number of carbonyl (C=O) groups excluding carboxylic acids is 1. The first-order chi connectivity index (χ1) is 8.84. The van der Waals surface area contributed by atoms with Crippen LogP contribution in [0.4, 0.5) is 14.5 Å². The monoisotopic (exact) mass is 292 g/mol. The summed E-state index contributed by atoms with van der Waals surface area (Å²) in [6.07, 6.45) is 0.775. The number of anilines is 1. The van der Waals surface area contributed by atoms with Crippen molar-refractivity contribution in [3.63, 3.8) is 0 Å². The van der Waals surface area contributed by atoms with E-state index in [0.717, 1.165) is 12.1 Å². The molecule has 0 fully saturated rings. The summed E-state index contributed by atoms with van der Waals surface area (Å²) in [6, 6.07) is 4.99. The minimum Gasteiger partial charge on any atom is -0.385 e. The van der Waals surface area contributed by atoms with Crippen molar-refractivity contribution in [1.29, 1.82) is 0 Å². The lowest BCUT2D eigenvalue weighted by Crippen LogP contribution is -2.13. The summed E-state index contributed by atoms with van der Waals surface area (Å²) >= 11 is 0. The van der Waals surface area contributed by atoms with Crippen LogP contribution in [0.3, 0.4) is 0 Å². The van der Waals surface area contributed by atoms with Crippen LogP contribution in [0.5, 0.6) is 0 Å². The predicted octanol–water partition coefficient (Wildman–Crippen LogP) is 1.36. The van der Waals surface area contributed by atoms with Crippen LogP contribution >= 0.6 is 0 Å². The van der Waals surface area contributed by atoms with Crippen LogP contribution in [0.2, 0.25) is 0 Å². The van der Waals surface area contributed by atoms with Gasteiger partial charge < -0.3 is 11.1 Å². The van der Waals surface area contributed by atoms with Gasteiger partial charge in [-0.1, -0.05) is 0 Å². The number of benzene rings is 1. The molecule has 0 unspecified atom stereocenters. The molecule has 1 amide bonds. The van der Waals surface area contributed by atoms with Crippen LogP contribution in [0.1, 0.15) is 12.8 Å². The molecule has 0 spiro atoms. The van der Waals surface area contributed by atoms with Crippen molar-refractivity contribution in [2.24, 2.45) is 5.73 Å². The number of sulfone groups is 1. The molecule has 0 bridgehead atoms. The molecule has 5 nitrogen and oxygen atoms in total. The number of alkyl halides is 2. The summed E-state index contributed by atoms with van der Waals surface area (Å²) in [7, 11) is -4.55. The highest BCUT2D eigenvalue weighted by molar-refractivity contribution is 7.91. The summed E-state index contributed by atoms with van der Waals surface area (Å²) in [5.74, 6) is -3.83. The van der Waals surface area contributed by atoms with E-state index in [1.807, 2.05) is 0 Å². The maximum absolute atomic E-state index is 12.3. The molecule has 3 N–H and O–H groups in total. The average Bonchev–Trinajstić information content (AvgIpc) is 2.35. The van der Waals surface area contributed by atoms with Crippen molar-refractivity contribution in [3.05, 3.63) is 24.3 Å². The number of hydrogen-bond acceptors (Lipinski definition) is 4. The molecule has 1 aromatic rings. The van der Waals surface area contributed by atoms with Crippen LogP contribution in [0.15, 0.2) is 29.2 Å². The van der Waals surface area contributed by atoms with Gasteiger partial charge in [0.2, 0.25) is 15.7 Å². The van der Waals surface area contributed by atoms with Gasteiger partial charge in [-0.15, -0.1) is 0 Å². The second-order valence-corrected chi connectivity index (χ2v) is 5.74. The Labute approximate surface area is 109 Å². The van der Waals surface area contributed by atoms with Crippen molar-refractivity contribution < 1.29 is 22.0 Å². The molecule has 19 heavy (non-hydrogen) atoms. The summed E-state index contributed by atoms with van der Waals surface area (Å²) in [6.45, 7) is 0.476. The molecule has 8 heteroatoms. The Kier molecular flexibility index (Phi) is 5.22. The number of halogens is 2. The van der Waals surface area contributed by atoms with E-state index in [9.17, 15) is 22.0 Å². The molecule has 0 aliphatic carbocycles. The van der Waals surface area contributed by atoms with Gasteiger partial charge in [-0.25, -0.2) is 8.42 Å². The van der Waals surface area contributed by atoms with Gasteiger partial charge in [-0.05, 0) is 30.7 Å². The molecule has 106 valence electrons. The van der Waals surface area contributed by atoms with Gasteiger partial charge in [-0.2, -0.15) is 8.78 Å². The highest BCUT2D eigenvalue weighted by atomic mass is 32.2. The molecule has 0 aromatic heterocycles. The van der Waals surface area contributed by atoms with Gasteiger partial charge in [0.1, 0.15) is 0 Å². The fourth-order valence-corrected chi connectivity index (χ4v) is 2.08. The Morgan fingerprint density at radius 1 is 1.26 bits per heavy atom. The Balaban J connectivity index is 2.60. The van der Waals surface area contributed by atoms with Crippen molar-refractivity contribution in [3.8, 4) is 0 Å². The molecule has 0 heterocycles. The smallest absolute Gasteiger partial charge is 0.341 e. The number of nitrogens with one attached hydrogen (secondary N) is 1. The largest absolute Gasteiger partial charge is 0.385 e. The van der Waals surface area contributed by atoms with E-state index in [1.165, 1.54) is 12.1 Å². The third-order valence-electron chi connectivity index (χ3n) is 2.35. The Morgan fingerprint density at radius 3 is 2.32 bits per heavy atom. The number of nitrogens with two attached hydrogens (primary N) is 1. The zero-order chi connectivity index (χ0) is 14.5. The Hall–Kier alpha value is -1.70. The molecule has 0 saturated heterocycles. The molecule has 0 aliphatic rings. The summed E-state index contributed by atoms with van der Waals surface area (Å²) < 4.78 is 46.9. The molecular weight excluding hydrogens is 278 g/mol. The highest BCUT2D eigenvalue weighted by Gasteiger charge is 2.26. The molecule has 0 aliphatic heterocycles. The van der Waals surface area contributed by atoms with Gasteiger partial charge in [0.15, 0.2) is 0 Å². The van der Waals surface area contributed by atoms with E-state index >= 15 is 0 Å². The number of amides is 1. The van der Waals surface area contributed by atoms with Crippen LogP contribution < -0.4 is 11.1 Å². The average molecular weight is 292 g/mol. The van der Waals surface area contributed by atoms with E-state index in [1.54, 1.807) is 0 Å². The number of primary amides is 1. The zero-order valence-corrected chi connectivity index (χ0v) is 10.8. The second kappa shape index (κ2) is 6.46. The van der Waals surface area contributed by atoms with Crippen molar-refractivity contribution in [1.82, 2.24) is 0 Å². The van der Waals surface area contributed by atoms with Gasteiger partial charge in [0, 0.05) is 18.7 Å². The maximum atomic E-state index is 12.3. The second-order valence-electron chi connectivity index (χ2n) is 3.83. The summed E-state index contributed by atoms with van der Waals surface area (Å²) in [4.78, 5) is 10.1. The first-order valence-electron chi connectivity index (χ1n) is 5.48. The van der Waals surface area contributed by atoms with Crippen LogP contribution in [0, 0.1) is 0 Å². The molecule has 1 aromatic carbocycles. The van der Waals surface area contributed by atoms with E-state index in [-0.39, 0.29) is 6.42 Å². The minimum absolute atomic E-state index is 0.241. The van der Waals surface area contributed by atoms with E-state index in [0.29, 0.717) is 18.7 Å². The lowest BCUT2D eigenvalue weighted by molar-refractivity contribution is -0.118. The lowest BCUT2D eigenvalue weighted by atomic mass is 10.2. The van der Waals surface area contributed by atoms with E-state index in [4.69, 9.17) is 5.73 Å². The topological polar surface area (TPSA) is 89.3 Å². The highest BCUT2D eigenvalue weighted by Crippen LogP contribution is 2.20.